The maximum absolute atomic E-state index is 10.8. The summed E-state index contributed by atoms with van der Waals surface area (Å²) < 4.78 is 4.58. The van der Waals surface area contributed by atoms with Crippen molar-refractivity contribution in [2.75, 3.05) is 13.2 Å². The van der Waals surface area contributed by atoms with Gasteiger partial charge in [-0.2, -0.15) is 0 Å². The summed E-state index contributed by atoms with van der Waals surface area (Å²) in [5.41, 5.74) is 5.23. The van der Waals surface area contributed by atoms with Crippen molar-refractivity contribution in [3.63, 3.8) is 0 Å². The maximum atomic E-state index is 10.8. The minimum Gasteiger partial charge on any atom is -0.465 e. The Kier molecular flexibility index (Phi) is 5.03. The molecule has 0 heterocycles. The van der Waals surface area contributed by atoms with Crippen molar-refractivity contribution in [3.8, 4) is 0 Å². The molecule has 5 heteroatoms. The van der Waals surface area contributed by atoms with Gasteiger partial charge >= 0.3 is 5.97 Å². The molecule has 0 aromatic rings. The van der Waals surface area contributed by atoms with E-state index >= 15 is 0 Å². The second kappa shape index (κ2) is 5.54. The molecule has 0 unspecified atom stereocenters. The van der Waals surface area contributed by atoms with Gasteiger partial charge in [-0.15, -0.1) is 0 Å². The minimum absolute atomic E-state index is 0.117. The number of ether oxygens (including phenoxy) is 1. The van der Waals surface area contributed by atoms with Crippen molar-refractivity contribution in [3.05, 3.63) is 0 Å². The fraction of sp³-hybridized carbons (Fsp3) is 0.714. The Hall–Kier alpha value is -1.10. The molecule has 3 N–H and O–H groups in total. The van der Waals surface area contributed by atoms with E-state index in [0.29, 0.717) is 6.61 Å². The SMILES string of the molecule is CCOC(=O)CNC(=O)[C@H](C)N. The summed E-state index contributed by atoms with van der Waals surface area (Å²) in [5.74, 6) is -0.811. The van der Waals surface area contributed by atoms with Gasteiger partial charge in [-0.1, -0.05) is 0 Å². The second-order valence-electron chi connectivity index (χ2n) is 2.31. The number of rotatable bonds is 4. The highest BCUT2D eigenvalue weighted by Crippen LogP contribution is 1.78. The van der Waals surface area contributed by atoms with Gasteiger partial charge < -0.3 is 15.8 Å². The Balaban J connectivity index is 3.54. The van der Waals surface area contributed by atoms with E-state index in [-0.39, 0.29) is 12.5 Å². The third-order valence-electron chi connectivity index (χ3n) is 1.13. The van der Waals surface area contributed by atoms with Gasteiger partial charge in [-0.25, -0.2) is 0 Å². The van der Waals surface area contributed by atoms with Crippen LogP contribution < -0.4 is 11.1 Å². The van der Waals surface area contributed by atoms with Crippen LogP contribution >= 0.6 is 0 Å². The number of carbonyl (C=O) groups is 2. The fourth-order valence-corrected chi connectivity index (χ4v) is 0.532. The number of amides is 1. The third-order valence-corrected chi connectivity index (χ3v) is 1.13. The molecule has 0 saturated heterocycles. The Morgan fingerprint density at radius 1 is 1.58 bits per heavy atom. The fourth-order valence-electron chi connectivity index (χ4n) is 0.532. The van der Waals surface area contributed by atoms with Gasteiger partial charge in [-0.3, -0.25) is 9.59 Å². The van der Waals surface area contributed by atoms with Crippen LogP contribution in [0.4, 0.5) is 0 Å². The molecule has 12 heavy (non-hydrogen) atoms. The molecule has 1 atom stereocenters. The number of hydrogen-bond acceptors (Lipinski definition) is 4. The van der Waals surface area contributed by atoms with E-state index in [2.05, 4.69) is 10.1 Å². The van der Waals surface area contributed by atoms with E-state index in [9.17, 15) is 9.59 Å². The zero-order valence-electron chi connectivity index (χ0n) is 7.29. The first-order chi connectivity index (χ1) is 5.57. The molecule has 1 amide bonds. The average Bonchev–Trinajstić information content (AvgIpc) is 2.00. The van der Waals surface area contributed by atoms with Crippen molar-refractivity contribution in [1.82, 2.24) is 5.32 Å². The van der Waals surface area contributed by atoms with Gasteiger partial charge in [0.15, 0.2) is 0 Å². The van der Waals surface area contributed by atoms with Crippen LogP contribution in [0.15, 0.2) is 0 Å². The Bertz CT molecular complexity index is 168. The summed E-state index contributed by atoms with van der Waals surface area (Å²) >= 11 is 0. The van der Waals surface area contributed by atoms with Gasteiger partial charge in [0.25, 0.3) is 0 Å². The molecule has 0 aromatic carbocycles. The van der Waals surface area contributed by atoms with E-state index in [1.807, 2.05) is 0 Å². The van der Waals surface area contributed by atoms with Crippen molar-refractivity contribution in [1.29, 1.82) is 0 Å². The minimum atomic E-state index is -0.598. The Labute approximate surface area is 71.3 Å². The van der Waals surface area contributed by atoms with E-state index in [4.69, 9.17) is 5.73 Å². The summed E-state index contributed by atoms with van der Waals surface area (Å²) in [4.78, 5) is 21.5. The molecule has 5 nitrogen and oxygen atoms in total. The summed E-state index contributed by atoms with van der Waals surface area (Å²) in [5, 5.41) is 2.33. The lowest BCUT2D eigenvalue weighted by Gasteiger charge is -2.06. The average molecular weight is 174 g/mol. The van der Waals surface area contributed by atoms with Crippen molar-refractivity contribution >= 4 is 11.9 Å². The molecule has 0 aromatic heterocycles. The Morgan fingerprint density at radius 2 is 2.17 bits per heavy atom. The molecule has 0 rings (SSSR count). The largest absolute Gasteiger partial charge is 0.465 e. The lowest BCUT2D eigenvalue weighted by atomic mass is 10.3. The molecule has 0 spiro atoms. The molecule has 70 valence electrons. The molecule has 0 saturated carbocycles. The normalized spacial score (nSPS) is 11.9. The molecular formula is C7H14N2O3. The highest BCUT2D eigenvalue weighted by molar-refractivity contribution is 5.85. The molecule has 0 aliphatic heterocycles. The Morgan fingerprint density at radius 3 is 2.58 bits per heavy atom. The van der Waals surface area contributed by atoms with Gasteiger partial charge in [0.05, 0.1) is 12.6 Å². The first-order valence-corrected chi connectivity index (χ1v) is 3.76. The summed E-state index contributed by atoms with van der Waals surface area (Å²) in [6.07, 6.45) is 0. The topological polar surface area (TPSA) is 81.4 Å². The lowest BCUT2D eigenvalue weighted by molar-refractivity contribution is -0.143. The van der Waals surface area contributed by atoms with Gasteiger partial charge in [0, 0.05) is 0 Å². The number of carbonyl (C=O) groups excluding carboxylic acids is 2. The number of esters is 1. The van der Waals surface area contributed by atoms with E-state index in [0.717, 1.165) is 0 Å². The van der Waals surface area contributed by atoms with Crippen LogP contribution in [-0.4, -0.2) is 31.1 Å². The standard InChI is InChI=1S/C7H14N2O3/c1-3-12-6(10)4-9-7(11)5(2)8/h5H,3-4,8H2,1-2H3,(H,9,11)/t5-/m0/s1. The number of nitrogens with two attached hydrogens (primary N) is 1. The molecule has 0 fully saturated rings. The maximum Gasteiger partial charge on any atom is 0.325 e. The lowest BCUT2D eigenvalue weighted by Crippen LogP contribution is -2.41. The van der Waals surface area contributed by atoms with Crippen LogP contribution in [-0.2, 0) is 14.3 Å². The quantitative estimate of drug-likeness (QED) is 0.536. The highest BCUT2D eigenvalue weighted by Gasteiger charge is 2.08. The molecule has 0 aliphatic carbocycles. The summed E-state index contributed by atoms with van der Waals surface area (Å²) in [7, 11) is 0. The first-order valence-electron chi connectivity index (χ1n) is 3.76. The van der Waals surface area contributed by atoms with Crippen LogP contribution in [0.2, 0.25) is 0 Å². The van der Waals surface area contributed by atoms with Gasteiger partial charge in [0.2, 0.25) is 5.91 Å². The molecule has 0 bridgehead atoms. The second-order valence-corrected chi connectivity index (χ2v) is 2.31. The van der Waals surface area contributed by atoms with Crippen LogP contribution in [0.25, 0.3) is 0 Å². The van der Waals surface area contributed by atoms with E-state index in [1.54, 1.807) is 13.8 Å². The van der Waals surface area contributed by atoms with Gasteiger partial charge in [0.1, 0.15) is 6.54 Å². The zero-order valence-corrected chi connectivity index (χ0v) is 7.29. The van der Waals surface area contributed by atoms with Crippen LogP contribution in [0, 0.1) is 0 Å². The van der Waals surface area contributed by atoms with Crippen LogP contribution in [0.5, 0.6) is 0 Å². The molecular weight excluding hydrogens is 160 g/mol. The number of nitrogens with one attached hydrogen (secondary N) is 1. The number of hydrogen-bond donors (Lipinski definition) is 2. The predicted octanol–water partition coefficient (Wildman–Crippen LogP) is -0.987. The van der Waals surface area contributed by atoms with Crippen molar-refractivity contribution < 1.29 is 14.3 Å². The van der Waals surface area contributed by atoms with Crippen LogP contribution in [0.3, 0.4) is 0 Å². The molecule has 0 radical (unpaired) electrons. The van der Waals surface area contributed by atoms with E-state index < -0.39 is 12.0 Å². The van der Waals surface area contributed by atoms with E-state index in [1.165, 1.54) is 0 Å². The predicted molar refractivity (Wildman–Crippen MR) is 43.3 cm³/mol. The summed E-state index contributed by atoms with van der Waals surface area (Å²) in [6.45, 7) is 3.44. The van der Waals surface area contributed by atoms with Crippen molar-refractivity contribution in [2.45, 2.75) is 19.9 Å². The zero-order chi connectivity index (χ0) is 9.56. The van der Waals surface area contributed by atoms with Crippen LogP contribution in [0.1, 0.15) is 13.8 Å². The van der Waals surface area contributed by atoms with Gasteiger partial charge in [-0.05, 0) is 13.8 Å². The monoisotopic (exact) mass is 174 g/mol. The third kappa shape index (κ3) is 4.68. The van der Waals surface area contributed by atoms with Crippen molar-refractivity contribution in [2.24, 2.45) is 5.73 Å². The highest BCUT2D eigenvalue weighted by atomic mass is 16.5. The smallest absolute Gasteiger partial charge is 0.325 e. The first kappa shape index (κ1) is 10.9. The summed E-state index contributed by atoms with van der Waals surface area (Å²) in [6, 6.07) is -0.598. The molecule has 0 aliphatic rings.